The molecule has 0 unspecified atom stereocenters. The smallest absolute Gasteiger partial charge is 0.276 e. The Hall–Kier alpha value is -3.80. The SMILES string of the molecule is CC(C)C[C@@H](N)C(=O)N[C@H]1CC[C@H](Nc2cc(NC3CC3)c3ncc(C(=O)Nc4ccncc4F)n3n2)CC1. The number of aromatic nitrogens is 4. The number of amides is 2. The predicted octanol–water partition coefficient (Wildman–Crippen LogP) is 3.30. The van der Waals surface area contributed by atoms with Gasteiger partial charge in [0.05, 0.1) is 29.8 Å². The average Bonchev–Trinajstić information content (AvgIpc) is 3.61. The Kier molecular flexibility index (Phi) is 7.92. The number of carbonyl (C=O) groups is 2. The van der Waals surface area contributed by atoms with Crippen molar-refractivity contribution in [1.29, 1.82) is 0 Å². The van der Waals surface area contributed by atoms with E-state index in [4.69, 9.17) is 5.73 Å². The second kappa shape index (κ2) is 11.5. The topological polar surface area (TPSA) is 151 Å². The number of nitrogens with zero attached hydrogens (tertiary/aromatic N) is 4. The number of imidazole rings is 1. The summed E-state index contributed by atoms with van der Waals surface area (Å²) in [5.74, 6) is -0.255. The van der Waals surface area contributed by atoms with Gasteiger partial charge in [0.1, 0.15) is 5.82 Å². The van der Waals surface area contributed by atoms with E-state index >= 15 is 0 Å². The van der Waals surface area contributed by atoms with E-state index in [2.05, 4.69) is 50.2 Å². The molecule has 0 bridgehead atoms. The van der Waals surface area contributed by atoms with Crippen LogP contribution in [-0.2, 0) is 4.79 Å². The van der Waals surface area contributed by atoms with E-state index in [1.807, 2.05) is 6.07 Å². The van der Waals surface area contributed by atoms with Crippen molar-refractivity contribution in [1.82, 2.24) is 24.9 Å². The van der Waals surface area contributed by atoms with Crippen LogP contribution in [0.3, 0.4) is 0 Å². The number of anilines is 3. The number of nitrogens with two attached hydrogens (primary N) is 1. The third-order valence-electron chi connectivity index (χ3n) is 7.15. The zero-order valence-electron chi connectivity index (χ0n) is 22.3. The van der Waals surface area contributed by atoms with Gasteiger partial charge in [-0.05, 0) is 56.9 Å². The summed E-state index contributed by atoms with van der Waals surface area (Å²) >= 11 is 0. The van der Waals surface area contributed by atoms with Crippen molar-refractivity contribution in [2.75, 3.05) is 16.0 Å². The van der Waals surface area contributed by atoms with Crippen LogP contribution in [0.1, 0.15) is 69.3 Å². The molecule has 2 amide bonds. The lowest BCUT2D eigenvalue weighted by Gasteiger charge is -2.31. The molecule has 5 rings (SSSR count). The quantitative estimate of drug-likeness (QED) is 0.264. The first-order valence-electron chi connectivity index (χ1n) is 13.7. The van der Waals surface area contributed by atoms with Crippen molar-refractivity contribution >= 4 is 34.7 Å². The van der Waals surface area contributed by atoms with Crippen LogP contribution in [0.25, 0.3) is 5.65 Å². The Bertz CT molecular complexity index is 1330. The normalized spacial score (nSPS) is 20.0. The molecule has 0 aliphatic heterocycles. The van der Waals surface area contributed by atoms with Crippen molar-refractivity contribution in [3.05, 3.63) is 42.2 Å². The van der Waals surface area contributed by atoms with Crippen LogP contribution in [-0.4, -0.2) is 55.6 Å². The van der Waals surface area contributed by atoms with E-state index in [1.165, 1.54) is 23.0 Å². The van der Waals surface area contributed by atoms with Gasteiger partial charge in [0.25, 0.3) is 5.91 Å². The first-order valence-corrected chi connectivity index (χ1v) is 13.7. The van der Waals surface area contributed by atoms with Crippen LogP contribution in [0.2, 0.25) is 0 Å². The largest absolute Gasteiger partial charge is 0.379 e. The molecule has 39 heavy (non-hydrogen) atoms. The summed E-state index contributed by atoms with van der Waals surface area (Å²) in [6.07, 6.45) is 10.1. The predicted molar refractivity (Wildman–Crippen MR) is 147 cm³/mol. The molecule has 12 heteroatoms. The van der Waals surface area contributed by atoms with Gasteiger partial charge in [0, 0.05) is 30.4 Å². The second-order valence-electron chi connectivity index (χ2n) is 11.0. The lowest BCUT2D eigenvalue weighted by molar-refractivity contribution is -0.123. The molecule has 3 aromatic heterocycles. The fourth-order valence-corrected chi connectivity index (χ4v) is 4.92. The monoisotopic (exact) mass is 537 g/mol. The Labute approximate surface area is 226 Å². The minimum absolute atomic E-state index is 0.0320. The van der Waals surface area contributed by atoms with Crippen molar-refractivity contribution < 1.29 is 14.0 Å². The van der Waals surface area contributed by atoms with Gasteiger partial charge >= 0.3 is 0 Å². The lowest BCUT2D eigenvalue weighted by Crippen LogP contribution is -2.47. The molecule has 208 valence electrons. The van der Waals surface area contributed by atoms with E-state index in [0.717, 1.165) is 50.4 Å². The molecule has 3 aromatic rings. The summed E-state index contributed by atoms with van der Waals surface area (Å²) in [5.41, 5.74) is 7.57. The third kappa shape index (κ3) is 6.62. The fourth-order valence-electron chi connectivity index (χ4n) is 4.92. The molecular formula is C27H36FN9O2. The van der Waals surface area contributed by atoms with Crippen LogP contribution in [0.4, 0.5) is 21.6 Å². The number of halogens is 1. The summed E-state index contributed by atoms with van der Waals surface area (Å²) < 4.78 is 15.6. The minimum atomic E-state index is -0.625. The fraction of sp³-hybridized carbons (Fsp3) is 0.519. The van der Waals surface area contributed by atoms with Crippen molar-refractivity contribution in [3.63, 3.8) is 0 Å². The molecule has 2 fully saturated rings. The van der Waals surface area contributed by atoms with E-state index < -0.39 is 17.8 Å². The maximum absolute atomic E-state index is 14.1. The van der Waals surface area contributed by atoms with Crippen molar-refractivity contribution in [3.8, 4) is 0 Å². The molecule has 11 nitrogen and oxygen atoms in total. The average molecular weight is 538 g/mol. The molecule has 0 radical (unpaired) electrons. The van der Waals surface area contributed by atoms with Crippen LogP contribution in [0, 0.1) is 11.7 Å². The third-order valence-corrected chi connectivity index (χ3v) is 7.15. The van der Waals surface area contributed by atoms with Gasteiger partial charge in [0.2, 0.25) is 5.91 Å². The number of carbonyl (C=O) groups excluding carboxylic acids is 2. The van der Waals surface area contributed by atoms with E-state index in [9.17, 15) is 14.0 Å². The zero-order chi connectivity index (χ0) is 27.5. The molecule has 3 heterocycles. The van der Waals surface area contributed by atoms with Crippen LogP contribution in [0.5, 0.6) is 0 Å². The highest BCUT2D eigenvalue weighted by molar-refractivity contribution is 6.03. The molecule has 6 N–H and O–H groups in total. The molecule has 1 atom stereocenters. The number of hydrogen-bond donors (Lipinski definition) is 5. The molecule has 2 aliphatic carbocycles. The highest BCUT2D eigenvalue weighted by atomic mass is 19.1. The summed E-state index contributed by atoms with van der Waals surface area (Å²) in [6, 6.07) is 3.47. The standard InChI is InChI=1S/C27H36FN9O2/c1-15(2)11-20(29)26(38)34-18-7-5-17(6-8-18)33-24-12-22(32-16-3-4-16)25-31-14-23(37(25)36-24)27(39)35-21-9-10-30-13-19(21)28/h9-10,12-18,20,32H,3-8,11,29H2,1-2H3,(H,33,36)(H,34,38)(H,30,35,39)/t17-,18-,20-/m1/s1. The Morgan fingerprint density at radius 1 is 1.05 bits per heavy atom. The molecular weight excluding hydrogens is 501 g/mol. The highest BCUT2D eigenvalue weighted by Gasteiger charge is 2.27. The van der Waals surface area contributed by atoms with Gasteiger partial charge < -0.3 is 27.0 Å². The van der Waals surface area contributed by atoms with E-state index in [-0.39, 0.29) is 29.4 Å². The van der Waals surface area contributed by atoms with Gasteiger partial charge in [-0.2, -0.15) is 0 Å². The number of hydrogen-bond acceptors (Lipinski definition) is 8. The first kappa shape index (κ1) is 26.8. The number of rotatable bonds is 10. The first-order chi connectivity index (χ1) is 18.8. The van der Waals surface area contributed by atoms with Crippen molar-refractivity contribution in [2.24, 2.45) is 11.7 Å². The Balaban J connectivity index is 1.28. The van der Waals surface area contributed by atoms with E-state index in [1.54, 1.807) is 0 Å². The van der Waals surface area contributed by atoms with Gasteiger partial charge in [-0.3, -0.25) is 14.6 Å². The molecule has 0 saturated heterocycles. The lowest BCUT2D eigenvalue weighted by atomic mass is 9.90. The van der Waals surface area contributed by atoms with Crippen LogP contribution in [0.15, 0.2) is 30.7 Å². The van der Waals surface area contributed by atoms with Gasteiger partial charge in [-0.1, -0.05) is 13.8 Å². The van der Waals surface area contributed by atoms with Crippen LogP contribution >= 0.6 is 0 Å². The van der Waals surface area contributed by atoms with Crippen LogP contribution < -0.4 is 27.0 Å². The van der Waals surface area contributed by atoms with E-state index in [0.29, 0.717) is 29.8 Å². The maximum Gasteiger partial charge on any atom is 0.276 e. The maximum atomic E-state index is 14.1. The number of nitrogens with one attached hydrogen (secondary N) is 4. The molecule has 2 saturated carbocycles. The van der Waals surface area contributed by atoms with Gasteiger partial charge in [0.15, 0.2) is 17.2 Å². The summed E-state index contributed by atoms with van der Waals surface area (Å²) in [6.45, 7) is 4.11. The van der Waals surface area contributed by atoms with Crippen molar-refractivity contribution in [2.45, 2.75) is 83.0 Å². The number of pyridine rings is 1. The molecule has 0 spiro atoms. The Morgan fingerprint density at radius 3 is 2.44 bits per heavy atom. The Morgan fingerprint density at radius 2 is 1.74 bits per heavy atom. The zero-order valence-corrected chi connectivity index (χ0v) is 22.3. The van der Waals surface area contributed by atoms with Gasteiger partial charge in [-0.15, -0.1) is 5.10 Å². The second-order valence-corrected chi connectivity index (χ2v) is 11.0. The highest BCUT2D eigenvalue weighted by Crippen LogP contribution is 2.30. The van der Waals surface area contributed by atoms with Gasteiger partial charge in [-0.25, -0.2) is 13.9 Å². The number of fused-ring (bicyclic) bond motifs is 1. The summed E-state index contributed by atoms with van der Waals surface area (Å²) in [5, 5.41) is 17.3. The minimum Gasteiger partial charge on any atom is -0.379 e. The molecule has 2 aliphatic rings. The summed E-state index contributed by atoms with van der Waals surface area (Å²) in [4.78, 5) is 33.6. The molecule has 0 aromatic carbocycles. The summed E-state index contributed by atoms with van der Waals surface area (Å²) in [7, 11) is 0.